The van der Waals surface area contributed by atoms with Crippen molar-refractivity contribution in [2.24, 2.45) is 11.8 Å². The number of allylic oxidation sites excluding steroid dienone is 1. The summed E-state index contributed by atoms with van der Waals surface area (Å²) in [6, 6.07) is 13.2. The second-order valence-corrected chi connectivity index (χ2v) is 22.4. The summed E-state index contributed by atoms with van der Waals surface area (Å²) in [6.07, 6.45) is 9.68. The third-order valence-corrected chi connectivity index (χ3v) is 15.1. The van der Waals surface area contributed by atoms with Crippen molar-refractivity contribution in [2.45, 2.75) is 141 Å². The molecule has 2 aliphatic heterocycles. The predicted molar refractivity (Wildman–Crippen MR) is 304 cm³/mol. The number of carbonyl (C=O) groups excluding carboxylic acids is 7. The minimum absolute atomic E-state index is 0.0183. The number of aromatic nitrogens is 3. The molecule has 0 saturated carbocycles. The number of alkyl halides is 1. The first-order valence-corrected chi connectivity index (χ1v) is 27.5. The minimum Gasteiger partial charge on any atom is -0.431 e. The topological polar surface area (TPSA) is 217 Å². The van der Waals surface area contributed by atoms with Crippen molar-refractivity contribution in [1.82, 2.24) is 50.5 Å². The SMILES string of the molecule is C=CC(C)(C)n1cc(C[C@@H]2NC(=O)[C@H](Cc3ccccc3)NC(=O)[C@H](CC(C)C)N3CC/C=C\C[C@@H](C3=O)N(C)C(=O)[C@H](C)NC(=O)[C@H](Cc3ccc4nc(OCF)ncc4c3)NC(=O)[C@H](CC(C)C)N(C)C2=O)c2ccccc21. The summed E-state index contributed by atoms with van der Waals surface area (Å²) in [5.41, 5.74) is 2.72. The molecule has 0 radical (unpaired) electrons. The molecule has 0 spiro atoms. The number of para-hydroxylation sites is 1. The molecule has 18 nitrogen and oxygen atoms in total. The minimum atomic E-state index is -1.34. The number of carbonyl (C=O) groups is 7. The van der Waals surface area contributed by atoms with E-state index in [2.05, 4.69) is 42.4 Å². The van der Waals surface area contributed by atoms with Gasteiger partial charge in [-0.3, -0.25) is 33.6 Å². The van der Waals surface area contributed by atoms with Crippen LogP contribution in [0.15, 0.2) is 110 Å². The Kier molecular flexibility index (Phi) is 19.6. The van der Waals surface area contributed by atoms with E-state index in [1.54, 1.807) is 18.2 Å². The Morgan fingerprint density at radius 3 is 2.02 bits per heavy atom. The monoisotopic (exact) mass is 1100 g/mol. The Labute approximate surface area is 467 Å². The molecule has 4 heterocycles. The van der Waals surface area contributed by atoms with Crippen LogP contribution in [0.2, 0.25) is 0 Å². The number of fused-ring (bicyclic) bond motifs is 4. The van der Waals surface area contributed by atoms with E-state index in [0.29, 0.717) is 22.9 Å². The van der Waals surface area contributed by atoms with Gasteiger partial charge in [0, 0.05) is 68.6 Å². The lowest BCUT2D eigenvalue weighted by molar-refractivity contribution is -0.150. The molecule has 7 atom stereocenters. The van der Waals surface area contributed by atoms with Gasteiger partial charge in [-0.15, -0.1) is 6.58 Å². The molecule has 7 rings (SSSR count). The molecule has 2 aromatic heterocycles. The second kappa shape index (κ2) is 26.3. The summed E-state index contributed by atoms with van der Waals surface area (Å²) in [6.45, 7) is 16.3. The summed E-state index contributed by atoms with van der Waals surface area (Å²) >= 11 is 0. The summed E-state index contributed by atoms with van der Waals surface area (Å²) in [7, 11) is 2.97. The molecule has 80 heavy (non-hydrogen) atoms. The van der Waals surface area contributed by atoms with Gasteiger partial charge in [0.1, 0.15) is 42.3 Å². The maximum absolute atomic E-state index is 15.6. The zero-order chi connectivity index (χ0) is 58.0. The van der Waals surface area contributed by atoms with Crippen LogP contribution >= 0.6 is 0 Å². The third kappa shape index (κ3) is 14.3. The molecule has 5 aromatic rings. The fourth-order valence-corrected chi connectivity index (χ4v) is 10.6. The van der Waals surface area contributed by atoms with Gasteiger partial charge in [0.25, 0.3) is 0 Å². The van der Waals surface area contributed by atoms with Crippen molar-refractivity contribution in [3.63, 3.8) is 0 Å². The van der Waals surface area contributed by atoms with Crippen LogP contribution in [-0.2, 0) is 58.4 Å². The van der Waals surface area contributed by atoms with E-state index in [9.17, 15) is 14.0 Å². The number of amides is 7. The van der Waals surface area contributed by atoms with Gasteiger partial charge < -0.3 is 45.3 Å². The van der Waals surface area contributed by atoms with Gasteiger partial charge in [0.15, 0.2) is 0 Å². The maximum Gasteiger partial charge on any atom is 0.319 e. The zero-order valence-electron chi connectivity index (χ0n) is 47.4. The standard InChI is InChI=1S/C61H77FN10O8/c1-11-61(7,8)72-35-43(44-22-17-18-23-49(44)72)33-48-58(78)70(10)51(28-37(2)3)55(75)65-47(32-41-25-26-45-42(30-41)34-63-60(68-45)80-36-62)53(73)64-39(6)57(77)69(9)50-24-16-13-19-27-71(59(50)79)52(29-38(4)5)56(76)66-46(54(74)67-48)31-40-20-14-12-15-21-40/h11-18,20-23,25-26,30,34-35,37-39,46-48,50-52H,1,19,24,27-29,31-33,36H2,2-10H3,(H,64,73)(H,65,75)(H,66,76)(H,67,74)/b16-13-/t39-,46-,47-,48-,50-,51-,52-/m0/s1. The Balaban J connectivity index is 1.37. The largest absolute Gasteiger partial charge is 0.431 e. The quantitative estimate of drug-likeness (QED) is 0.0937. The van der Waals surface area contributed by atoms with Crippen molar-refractivity contribution in [2.75, 3.05) is 27.5 Å². The van der Waals surface area contributed by atoms with Gasteiger partial charge in [-0.2, -0.15) is 4.98 Å². The van der Waals surface area contributed by atoms with Crippen LogP contribution in [0.1, 0.15) is 90.8 Å². The lowest BCUT2D eigenvalue weighted by Crippen LogP contribution is -2.61. The average molecular weight is 1100 g/mol. The summed E-state index contributed by atoms with van der Waals surface area (Å²) < 4.78 is 19.9. The highest BCUT2D eigenvalue weighted by atomic mass is 19.1. The molecular weight excluding hydrogens is 1020 g/mol. The molecule has 19 heteroatoms. The van der Waals surface area contributed by atoms with Crippen molar-refractivity contribution in [3.05, 3.63) is 127 Å². The van der Waals surface area contributed by atoms with Gasteiger partial charge in [-0.05, 0) is 93.2 Å². The van der Waals surface area contributed by atoms with Crippen molar-refractivity contribution in [3.8, 4) is 6.01 Å². The van der Waals surface area contributed by atoms with E-state index in [4.69, 9.17) is 4.74 Å². The number of nitrogens with zero attached hydrogens (tertiary/aromatic N) is 6. The van der Waals surface area contributed by atoms with E-state index >= 15 is 24.0 Å². The average Bonchev–Trinajstić information content (AvgIpc) is 3.80. The van der Waals surface area contributed by atoms with Crippen molar-refractivity contribution in [1.29, 1.82) is 0 Å². The Hall–Kier alpha value is -7.96. The first-order chi connectivity index (χ1) is 38.1. The van der Waals surface area contributed by atoms with Gasteiger partial charge in [-0.1, -0.05) is 101 Å². The van der Waals surface area contributed by atoms with E-state index in [0.717, 1.165) is 22.0 Å². The normalized spacial score (nSPS) is 23.0. The van der Waals surface area contributed by atoms with Gasteiger partial charge in [0.2, 0.25) is 48.2 Å². The highest BCUT2D eigenvalue weighted by molar-refractivity contribution is 5.99. The first kappa shape index (κ1) is 59.7. The van der Waals surface area contributed by atoms with E-state index < -0.39 is 96.0 Å². The van der Waals surface area contributed by atoms with Crippen LogP contribution in [0.25, 0.3) is 21.8 Å². The number of halogens is 1. The summed E-state index contributed by atoms with van der Waals surface area (Å²) in [4.78, 5) is 118. The third-order valence-electron chi connectivity index (χ3n) is 15.1. The number of hydrogen-bond acceptors (Lipinski definition) is 10. The van der Waals surface area contributed by atoms with Crippen LogP contribution in [-0.4, -0.2) is 140 Å². The number of hydrogen-bond donors (Lipinski definition) is 4. The number of ether oxygens (including phenoxy) is 1. The van der Waals surface area contributed by atoms with Crippen molar-refractivity contribution >= 4 is 63.2 Å². The molecule has 0 aliphatic carbocycles. The van der Waals surface area contributed by atoms with Gasteiger partial charge >= 0.3 is 6.01 Å². The zero-order valence-corrected chi connectivity index (χ0v) is 47.4. The highest BCUT2D eigenvalue weighted by Gasteiger charge is 2.41. The lowest BCUT2D eigenvalue weighted by Gasteiger charge is -2.38. The smallest absolute Gasteiger partial charge is 0.319 e. The number of benzene rings is 3. The molecule has 0 unspecified atom stereocenters. The molecule has 4 N–H and O–H groups in total. The number of rotatable bonds is 14. The fourth-order valence-electron chi connectivity index (χ4n) is 10.6. The van der Waals surface area contributed by atoms with Gasteiger partial charge in [-0.25, -0.2) is 9.37 Å². The molecule has 426 valence electrons. The predicted octanol–water partition coefficient (Wildman–Crippen LogP) is 6.11. The van der Waals surface area contributed by atoms with Crippen LogP contribution in [0.4, 0.5) is 4.39 Å². The molecule has 1 fully saturated rings. The van der Waals surface area contributed by atoms with Crippen LogP contribution < -0.4 is 26.0 Å². The molecular formula is C61H77FN10O8. The second-order valence-electron chi connectivity index (χ2n) is 22.4. The van der Waals surface area contributed by atoms with Crippen LogP contribution in [0.5, 0.6) is 6.01 Å². The summed E-state index contributed by atoms with van der Waals surface area (Å²) in [5, 5.41) is 13.2. The molecule has 3 aromatic carbocycles. The number of nitrogens with one attached hydrogen (secondary N) is 4. The first-order valence-electron chi connectivity index (χ1n) is 27.5. The van der Waals surface area contributed by atoms with E-state index in [-0.39, 0.29) is 62.9 Å². The Bertz CT molecular complexity index is 3100. The molecule has 1 saturated heterocycles. The van der Waals surface area contributed by atoms with E-state index in [1.807, 2.05) is 121 Å². The molecule has 2 bridgehead atoms. The molecule has 2 aliphatic rings. The maximum atomic E-state index is 15.6. The highest BCUT2D eigenvalue weighted by Crippen LogP contribution is 2.30. The summed E-state index contributed by atoms with van der Waals surface area (Å²) in [5.74, 6) is -4.65. The Morgan fingerprint density at radius 2 is 1.35 bits per heavy atom. The lowest BCUT2D eigenvalue weighted by atomic mass is 9.97. The van der Waals surface area contributed by atoms with Gasteiger partial charge in [0.05, 0.1) is 11.1 Å². The van der Waals surface area contributed by atoms with Crippen LogP contribution in [0, 0.1) is 11.8 Å². The molecule has 7 amide bonds. The fraction of sp³-hybridized carbons (Fsp3) is 0.459. The number of likely N-dealkylation sites (N-methyl/N-ethyl adjacent to an activating group) is 2. The Morgan fingerprint density at radius 1 is 0.725 bits per heavy atom. The van der Waals surface area contributed by atoms with E-state index in [1.165, 1.54) is 41.9 Å². The van der Waals surface area contributed by atoms with Crippen molar-refractivity contribution < 1.29 is 42.7 Å². The van der Waals surface area contributed by atoms with Crippen LogP contribution in [0.3, 0.4) is 0 Å².